The van der Waals surface area contributed by atoms with Gasteiger partial charge in [0.1, 0.15) is 0 Å². The van der Waals surface area contributed by atoms with E-state index in [2.05, 4.69) is 0 Å². The molecule has 0 aromatic carbocycles. The van der Waals surface area contributed by atoms with Gasteiger partial charge in [-0.05, 0) is 19.1 Å². The van der Waals surface area contributed by atoms with E-state index in [9.17, 15) is 9.59 Å². The largest absolute Gasteiger partial charge is 0.490 e. The quantitative estimate of drug-likeness (QED) is 0.544. The first-order valence-corrected chi connectivity index (χ1v) is 3.35. The lowest BCUT2D eigenvalue weighted by molar-refractivity contribution is -0.117. The number of ether oxygens (including phenoxy) is 1. The van der Waals surface area contributed by atoms with Gasteiger partial charge in [0.15, 0.2) is 11.5 Å². The normalized spacial score (nSPS) is 16.6. The minimum atomic E-state index is -0.244. The summed E-state index contributed by atoms with van der Waals surface area (Å²) in [6, 6.07) is 0. The summed E-state index contributed by atoms with van der Waals surface area (Å²) in [5, 5.41) is 0. The summed E-state index contributed by atoms with van der Waals surface area (Å²) in [5.41, 5.74) is 0. The summed E-state index contributed by atoms with van der Waals surface area (Å²) < 4.78 is 4.90. The molecule has 3 nitrogen and oxygen atoms in total. The van der Waals surface area contributed by atoms with E-state index >= 15 is 0 Å². The molecule has 0 saturated heterocycles. The fraction of sp³-hybridized carbons (Fsp3) is 0.250. The molecule has 11 heavy (non-hydrogen) atoms. The maximum atomic E-state index is 10.9. The Bertz CT molecular complexity index is 248. The van der Waals surface area contributed by atoms with Crippen LogP contribution >= 0.6 is 0 Å². The van der Waals surface area contributed by atoms with E-state index in [1.807, 2.05) is 0 Å². The number of hydrogen-bond acceptors (Lipinski definition) is 3. The Morgan fingerprint density at radius 1 is 1.36 bits per heavy atom. The number of carbonyl (C=O) groups excluding carboxylic acids is 2. The Labute approximate surface area is 64.3 Å². The maximum Gasteiger partial charge on any atom is 0.220 e. The molecule has 0 saturated carbocycles. The maximum absolute atomic E-state index is 10.9. The van der Waals surface area contributed by atoms with Gasteiger partial charge in [0.25, 0.3) is 0 Å². The predicted molar refractivity (Wildman–Crippen MR) is 38.9 cm³/mol. The summed E-state index contributed by atoms with van der Waals surface area (Å²) in [6.45, 7) is 2.16. The van der Waals surface area contributed by atoms with Gasteiger partial charge in [0.2, 0.25) is 5.78 Å². The Morgan fingerprint density at radius 3 is 2.73 bits per heavy atom. The van der Waals surface area contributed by atoms with Crippen molar-refractivity contribution in [3.05, 3.63) is 24.0 Å². The van der Waals surface area contributed by atoms with Gasteiger partial charge >= 0.3 is 0 Å². The SMILES string of the molecule is CCOC1=CC(=O)C=CC1=O. The molecule has 58 valence electrons. The summed E-state index contributed by atoms with van der Waals surface area (Å²) in [7, 11) is 0. The highest BCUT2D eigenvalue weighted by Crippen LogP contribution is 2.05. The highest BCUT2D eigenvalue weighted by atomic mass is 16.5. The standard InChI is InChI=1S/C8H8O3/c1-2-11-8-5-6(9)3-4-7(8)10/h3-5H,2H2,1H3. The van der Waals surface area contributed by atoms with Crippen LogP contribution in [0.5, 0.6) is 0 Å². The molecule has 0 heterocycles. The van der Waals surface area contributed by atoms with Crippen molar-refractivity contribution in [3.8, 4) is 0 Å². The second kappa shape index (κ2) is 3.14. The molecule has 0 radical (unpaired) electrons. The van der Waals surface area contributed by atoms with E-state index in [0.29, 0.717) is 6.61 Å². The van der Waals surface area contributed by atoms with Gasteiger partial charge in [0.05, 0.1) is 6.61 Å². The van der Waals surface area contributed by atoms with Crippen LogP contribution in [0.25, 0.3) is 0 Å². The fourth-order valence-electron chi connectivity index (χ4n) is 0.757. The van der Waals surface area contributed by atoms with E-state index in [-0.39, 0.29) is 17.3 Å². The van der Waals surface area contributed by atoms with E-state index in [0.717, 1.165) is 0 Å². The van der Waals surface area contributed by atoms with Crippen LogP contribution in [0.15, 0.2) is 24.0 Å². The molecule has 0 atom stereocenters. The molecular formula is C8H8O3. The molecule has 1 rings (SSSR count). The average Bonchev–Trinajstić information content (AvgIpc) is 1.98. The number of rotatable bonds is 2. The minimum Gasteiger partial charge on any atom is -0.490 e. The van der Waals surface area contributed by atoms with Crippen LogP contribution in [-0.2, 0) is 14.3 Å². The van der Waals surface area contributed by atoms with Gasteiger partial charge in [-0.1, -0.05) is 0 Å². The lowest BCUT2D eigenvalue weighted by atomic mass is 10.1. The van der Waals surface area contributed by atoms with Crippen molar-refractivity contribution in [1.29, 1.82) is 0 Å². The fourth-order valence-corrected chi connectivity index (χ4v) is 0.757. The predicted octanol–water partition coefficient (Wildman–Crippen LogP) is 0.615. The van der Waals surface area contributed by atoms with Gasteiger partial charge in [-0.15, -0.1) is 0 Å². The highest BCUT2D eigenvalue weighted by molar-refractivity contribution is 6.16. The lowest BCUT2D eigenvalue weighted by Gasteiger charge is -2.05. The lowest BCUT2D eigenvalue weighted by Crippen LogP contribution is -2.10. The van der Waals surface area contributed by atoms with Crippen molar-refractivity contribution < 1.29 is 14.3 Å². The Hall–Kier alpha value is -1.38. The average molecular weight is 152 g/mol. The van der Waals surface area contributed by atoms with E-state index < -0.39 is 0 Å². The topological polar surface area (TPSA) is 43.4 Å². The van der Waals surface area contributed by atoms with E-state index in [4.69, 9.17) is 4.74 Å². The van der Waals surface area contributed by atoms with Crippen LogP contribution in [0, 0.1) is 0 Å². The van der Waals surface area contributed by atoms with Gasteiger partial charge in [0, 0.05) is 6.08 Å². The number of allylic oxidation sites excluding steroid dienone is 3. The van der Waals surface area contributed by atoms with Crippen molar-refractivity contribution in [1.82, 2.24) is 0 Å². The van der Waals surface area contributed by atoms with Gasteiger partial charge in [-0.25, -0.2) is 0 Å². The molecule has 1 aliphatic rings. The molecule has 0 fully saturated rings. The molecule has 0 amide bonds. The molecule has 0 bridgehead atoms. The Balaban J connectivity index is 2.76. The third-order valence-electron chi connectivity index (χ3n) is 1.22. The summed E-state index contributed by atoms with van der Waals surface area (Å²) in [4.78, 5) is 21.6. The van der Waals surface area contributed by atoms with Gasteiger partial charge < -0.3 is 4.74 Å². The van der Waals surface area contributed by atoms with Crippen molar-refractivity contribution in [3.63, 3.8) is 0 Å². The van der Waals surface area contributed by atoms with Crippen molar-refractivity contribution >= 4 is 11.6 Å². The van der Waals surface area contributed by atoms with Crippen LogP contribution in [0.4, 0.5) is 0 Å². The van der Waals surface area contributed by atoms with Gasteiger partial charge in [-0.3, -0.25) is 9.59 Å². The molecule has 0 aliphatic heterocycles. The Kier molecular flexibility index (Phi) is 2.21. The first-order valence-electron chi connectivity index (χ1n) is 3.35. The van der Waals surface area contributed by atoms with Crippen LogP contribution in [0.1, 0.15) is 6.92 Å². The second-order valence-corrected chi connectivity index (χ2v) is 2.04. The van der Waals surface area contributed by atoms with Crippen LogP contribution < -0.4 is 0 Å². The second-order valence-electron chi connectivity index (χ2n) is 2.04. The number of carbonyl (C=O) groups is 2. The number of ketones is 2. The zero-order valence-corrected chi connectivity index (χ0v) is 6.16. The van der Waals surface area contributed by atoms with Crippen LogP contribution in [0.2, 0.25) is 0 Å². The molecule has 0 spiro atoms. The van der Waals surface area contributed by atoms with Crippen molar-refractivity contribution in [2.75, 3.05) is 6.61 Å². The summed E-state index contributed by atoms with van der Waals surface area (Å²) >= 11 is 0. The molecule has 0 N–H and O–H groups in total. The van der Waals surface area contributed by atoms with Crippen molar-refractivity contribution in [2.45, 2.75) is 6.92 Å². The molecular weight excluding hydrogens is 144 g/mol. The zero-order chi connectivity index (χ0) is 8.27. The summed E-state index contributed by atoms with van der Waals surface area (Å²) in [5.74, 6) is -0.306. The first-order chi connectivity index (χ1) is 5.24. The molecule has 1 aliphatic carbocycles. The highest BCUT2D eigenvalue weighted by Gasteiger charge is 2.13. The zero-order valence-electron chi connectivity index (χ0n) is 6.16. The van der Waals surface area contributed by atoms with Crippen LogP contribution in [0.3, 0.4) is 0 Å². The summed E-state index contributed by atoms with van der Waals surface area (Å²) in [6.07, 6.45) is 3.64. The molecule has 0 unspecified atom stereocenters. The smallest absolute Gasteiger partial charge is 0.220 e. The minimum absolute atomic E-state index is 0.139. The molecule has 0 aromatic heterocycles. The third-order valence-corrected chi connectivity index (χ3v) is 1.22. The first kappa shape index (κ1) is 7.72. The van der Waals surface area contributed by atoms with E-state index in [1.54, 1.807) is 6.92 Å². The van der Waals surface area contributed by atoms with Crippen molar-refractivity contribution in [2.24, 2.45) is 0 Å². The van der Waals surface area contributed by atoms with Crippen LogP contribution in [-0.4, -0.2) is 18.2 Å². The molecule has 0 aromatic rings. The monoisotopic (exact) mass is 152 g/mol. The van der Waals surface area contributed by atoms with E-state index in [1.165, 1.54) is 18.2 Å². The number of hydrogen-bond donors (Lipinski definition) is 0. The molecule has 3 heteroatoms. The van der Waals surface area contributed by atoms with Gasteiger partial charge in [-0.2, -0.15) is 0 Å². The Morgan fingerprint density at radius 2 is 2.09 bits per heavy atom. The third kappa shape index (κ3) is 1.77.